The number of aliphatic hydroxyl groups is 2. The van der Waals surface area contributed by atoms with Gasteiger partial charge in [0.2, 0.25) is 0 Å². The molecule has 0 aromatic carbocycles. The third-order valence-electron chi connectivity index (χ3n) is 3.59. The number of halogens is 2. The van der Waals surface area contributed by atoms with Crippen LogP contribution in [-0.4, -0.2) is 35.2 Å². The predicted octanol–water partition coefficient (Wildman–Crippen LogP) is 6.14. The molecule has 158 valence electrons. The van der Waals surface area contributed by atoms with Gasteiger partial charge in [0, 0.05) is 68.6 Å². The standard InChI is InChI=1S/C10H21ClO.C10H17ClO.Ni.Zn.H2/c2*11-9-7-5-3-1-2-4-6-8-10-12;;;/h12H,1-10H2;12H,1-3,5,7-10H2;;;1H. The van der Waals surface area contributed by atoms with E-state index in [-0.39, 0.29) is 44.0 Å². The number of unbranched alkanes of at least 4 members (excludes halogenated alkanes) is 11. The minimum atomic E-state index is 0. The molecule has 0 aliphatic carbocycles. The number of rotatable bonds is 15. The normalized spacial score (nSPS) is 9.08. The summed E-state index contributed by atoms with van der Waals surface area (Å²) in [5, 5.41) is 16.9. The molecule has 0 atom stereocenters. The van der Waals surface area contributed by atoms with Crippen LogP contribution in [0.25, 0.3) is 0 Å². The fourth-order valence-corrected chi connectivity index (χ4v) is 2.54. The summed E-state index contributed by atoms with van der Waals surface area (Å²) in [6.45, 7) is 0.533. The van der Waals surface area contributed by atoms with Crippen molar-refractivity contribution < 1.29 is 47.6 Å². The molecule has 0 fully saturated rings. The smallest absolute Gasteiger partial charge is 0.0540 e. The van der Waals surface area contributed by atoms with Crippen LogP contribution in [0, 0.1) is 11.8 Å². The van der Waals surface area contributed by atoms with Crippen molar-refractivity contribution in [2.24, 2.45) is 0 Å². The van der Waals surface area contributed by atoms with Gasteiger partial charge < -0.3 is 10.2 Å². The molecule has 0 aromatic rings. The maximum atomic E-state index is 8.52. The van der Waals surface area contributed by atoms with Gasteiger partial charge in [-0.2, -0.15) is 0 Å². The van der Waals surface area contributed by atoms with E-state index >= 15 is 0 Å². The zero-order valence-corrected chi connectivity index (χ0v) is 21.9. The zero-order valence-electron chi connectivity index (χ0n) is 16.4. The average Bonchev–Trinajstić information content (AvgIpc) is 2.60. The SMILES string of the molecule is OCCC#CCCCCCCCl.OCCCCCCCCCCCl.[HH].[Ni].[Zn]. The first-order valence-electron chi connectivity index (χ1n) is 9.62. The van der Waals surface area contributed by atoms with E-state index in [1.807, 2.05) is 0 Å². The second-order valence-corrected chi connectivity index (χ2v) is 6.68. The van der Waals surface area contributed by atoms with Gasteiger partial charge in [-0.05, 0) is 25.7 Å². The molecular weight excluding hydrogens is 467 g/mol. The van der Waals surface area contributed by atoms with E-state index < -0.39 is 0 Å². The molecular formula is C20H40Cl2NiO2Zn. The second kappa shape index (κ2) is 37.0. The quantitative estimate of drug-likeness (QED) is 0.121. The minimum Gasteiger partial charge on any atom is -0.396 e. The molecule has 0 aliphatic rings. The summed E-state index contributed by atoms with van der Waals surface area (Å²) in [6.07, 6.45) is 16.2. The molecule has 0 rings (SSSR count). The summed E-state index contributed by atoms with van der Waals surface area (Å²) in [4.78, 5) is 0. The first-order valence-corrected chi connectivity index (χ1v) is 10.7. The van der Waals surface area contributed by atoms with Crippen LogP contribution in [0.1, 0.15) is 91.3 Å². The third kappa shape index (κ3) is 40.0. The van der Waals surface area contributed by atoms with Crippen LogP contribution in [-0.2, 0) is 36.0 Å². The molecule has 0 heterocycles. The molecule has 0 saturated heterocycles. The van der Waals surface area contributed by atoms with Crippen LogP contribution in [0.15, 0.2) is 0 Å². The molecule has 2 nitrogen and oxygen atoms in total. The average molecular weight is 508 g/mol. The Hall–Kier alpha value is 1.18. The zero-order chi connectivity index (χ0) is 18.1. The Bertz CT molecular complexity index is 270. The van der Waals surface area contributed by atoms with Gasteiger partial charge >= 0.3 is 0 Å². The molecule has 0 amide bonds. The summed E-state index contributed by atoms with van der Waals surface area (Å²) >= 11 is 11.1. The van der Waals surface area contributed by atoms with Gasteiger partial charge in [0.1, 0.15) is 0 Å². The van der Waals surface area contributed by atoms with Crippen molar-refractivity contribution in [1.29, 1.82) is 0 Å². The number of hydrogen-bond acceptors (Lipinski definition) is 2. The van der Waals surface area contributed by atoms with Gasteiger partial charge in [0.05, 0.1) is 6.61 Å². The fraction of sp³-hybridized carbons (Fsp3) is 0.900. The van der Waals surface area contributed by atoms with Gasteiger partial charge in [-0.1, -0.05) is 51.4 Å². The van der Waals surface area contributed by atoms with Gasteiger partial charge in [0.25, 0.3) is 0 Å². The first-order chi connectivity index (χ1) is 11.8. The van der Waals surface area contributed by atoms with Crippen molar-refractivity contribution in [3.05, 3.63) is 0 Å². The van der Waals surface area contributed by atoms with Crippen molar-refractivity contribution in [2.45, 2.75) is 89.9 Å². The molecule has 26 heavy (non-hydrogen) atoms. The number of hydrogen-bond donors (Lipinski definition) is 2. The number of alkyl halides is 2. The Kier molecular flexibility index (Phi) is 49.3. The van der Waals surface area contributed by atoms with Crippen LogP contribution in [0.5, 0.6) is 0 Å². The van der Waals surface area contributed by atoms with E-state index in [1.165, 1.54) is 51.4 Å². The van der Waals surface area contributed by atoms with E-state index in [4.69, 9.17) is 33.4 Å². The van der Waals surface area contributed by atoms with Crippen LogP contribution < -0.4 is 0 Å². The largest absolute Gasteiger partial charge is 0.396 e. The van der Waals surface area contributed by atoms with E-state index in [9.17, 15) is 0 Å². The Morgan fingerprint density at radius 2 is 0.923 bits per heavy atom. The fourth-order valence-electron chi connectivity index (χ4n) is 2.16. The summed E-state index contributed by atoms with van der Waals surface area (Å²) in [7, 11) is 0. The maximum Gasteiger partial charge on any atom is 0.0540 e. The Morgan fingerprint density at radius 3 is 1.35 bits per heavy atom. The van der Waals surface area contributed by atoms with Crippen molar-refractivity contribution >= 4 is 23.2 Å². The van der Waals surface area contributed by atoms with Gasteiger partial charge in [-0.15, -0.1) is 35.0 Å². The predicted molar refractivity (Wildman–Crippen MR) is 110 cm³/mol. The Labute approximate surface area is 196 Å². The summed E-state index contributed by atoms with van der Waals surface area (Å²) in [6, 6.07) is 0. The van der Waals surface area contributed by atoms with Gasteiger partial charge in [-0.3, -0.25) is 0 Å². The van der Waals surface area contributed by atoms with Crippen LogP contribution in [0.2, 0.25) is 0 Å². The van der Waals surface area contributed by atoms with E-state index in [0.29, 0.717) is 13.0 Å². The molecule has 6 heteroatoms. The molecule has 0 aromatic heterocycles. The Morgan fingerprint density at radius 1 is 0.538 bits per heavy atom. The van der Waals surface area contributed by atoms with Crippen molar-refractivity contribution in [3.63, 3.8) is 0 Å². The van der Waals surface area contributed by atoms with E-state index in [0.717, 1.165) is 43.9 Å². The molecule has 0 spiro atoms. The van der Waals surface area contributed by atoms with Crippen LogP contribution in [0.4, 0.5) is 0 Å². The number of aliphatic hydroxyl groups excluding tert-OH is 2. The topological polar surface area (TPSA) is 40.5 Å². The third-order valence-corrected chi connectivity index (χ3v) is 4.12. The van der Waals surface area contributed by atoms with E-state index in [2.05, 4.69) is 11.8 Å². The van der Waals surface area contributed by atoms with Gasteiger partial charge in [-0.25, -0.2) is 0 Å². The van der Waals surface area contributed by atoms with E-state index in [1.54, 1.807) is 0 Å². The molecule has 0 radical (unpaired) electrons. The Balaban J connectivity index is -0.000000108. The molecule has 0 aliphatic heterocycles. The van der Waals surface area contributed by atoms with Crippen molar-refractivity contribution in [1.82, 2.24) is 0 Å². The van der Waals surface area contributed by atoms with Crippen molar-refractivity contribution in [2.75, 3.05) is 25.0 Å². The first kappa shape index (κ1) is 34.7. The molecule has 0 bridgehead atoms. The molecule has 0 saturated carbocycles. The molecule has 2 N–H and O–H groups in total. The summed E-state index contributed by atoms with van der Waals surface area (Å²) in [5.41, 5.74) is 0. The summed E-state index contributed by atoms with van der Waals surface area (Å²) < 4.78 is 0. The van der Waals surface area contributed by atoms with Crippen LogP contribution in [0.3, 0.4) is 0 Å². The maximum absolute atomic E-state index is 8.52. The van der Waals surface area contributed by atoms with Gasteiger partial charge in [0.15, 0.2) is 0 Å². The van der Waals surface area contributed by atoms with Crippen LogP contribution >= 0.6 is 23.2 Å². The second-order valence-electron chi connectivity index (χ2n) is 5.92. The van der Waals surface area contributed by atoms with Crippen molar-refractivity contribution in [3.8, 4) is 11.8 Å². The summed E-state index contributed by atoms with van der Waals surface area (Å²) in [5.74, 6) is 7.50. The monoisotopic (exact) mass is 504 g/mol. The minimum absolute atomic E-state index is 0. The molecule has 0 unspecified atom stereocenters.